The number of nitrogens with one attached hydrogen (secondary N) is 1. The highest BCUT2D eigenvalue weighted by Gasteiger charge is 2.25. The van der Waals surface area contributed by atoms with Crippen LogP contribution in [0.1, 0.15) is 42.1 Å². The van der Waals surface area contributed by atoms with Gasteiger partial charge in [-0.3, -0.25) is 0 Å². The zero-order chi connectivity index (χ0) is 9.38. The highest BCUT2D eigenvalue weighted by Crippen LogP contribution is 2.37. The van der Waals surface area contributed by atoms with E-state index in [9.17, 15) is 0 Å². The van der Waals surface area contributed by atoms with Crippen molar-refractivity contribution in [3.63, 3.8) is 0 Å². The zero-order valence-corrected chi connectivity index (χ0v) is 8.29. The van der Waals surface area contributed by atoms with Crippen LogP contribution in [0.3, 0.4) is 0 Å². The van der Waals surface area contributed by atoms with Crippen LogP contribution in [-0.4, -0.2) is 16.5 Å². The molecule has 1 aliphatic heterocycles. The molecule has 0 radical (unpaired) electrons. The van der Waals surface area contributed by atoms with Crippen molar-refractivity contribution in [2.24, 2.45) is 0 Å². The topological polar surface area (TPSA) is 37.8 Å². The molecule has 0 bridgehead atoms. The maximum Gasteiger partial charge on any atom is 0.115 e. The quantitative estimate of drug-likeness (QED) is 0.725. The predicted molar refractivity (Wildman–Crippen MR) is 54.0 cm³/mol. The first kappa shape index (κ1) is 8.36. The summed E-state index contributed by atoms with van der Waals surface area (Å²) in [6.45, 7) is 2.04. The van der Waals surface area contributed by atoms with Gasteiger partial charge in [0.05, 0.1) is 5.69 Å². The van der Waals surface area contributed by atoms with E-state index in [0.717, 1.165) is 25.4 Å². The van der Waals surface area contributed by atoms with Gasteiger partial charge >= 0.3 is 0 Å². The molecule has 0 unspecified atom stereocenters. The lowest BCUT2D eigenvalue weighted by molar-refractivity contribution is 0.404. The average Bonchev–Trinajstić information content (AvgIpc) is 2.16. The average molecular weight is 189 g/mol. The van der Waals surface area contributed by atoms with Crippen LogP contribution in [-0.2, 0) is 13.0 Å². The van der Waals surface area contributed by atoms with E-state index >= 15 is 0 Å². The third-order valence-electron chi connectivity index (χ3n) is 3.40. The standard InChI is InChI=1S/C11H15N3/c1-2-8(3-1)11-9-6-12-5-4-10(9)13-7-14-11/h7-8,12H,1-6H2. The fourth-order valence-electron chi connectivity index (χ4n) is 2.33. The maximum atomic E-state index is 4.46. The Hall–Kier alpha value is -0.960. The predicted octanol–water partition coefficient (Wildman–Crippen LogP) is 1.39. The summed E-state index contributed by atoms with van der Waals surface area (Å²) in [5.41, 5.74) is 4.00. The van der Waals surface area contributed by atoms with Gasteiger partial charge < -0.3 is 5.32 Å². The maximum absolute atomic E-state index is 4.46. The van der Waals surface area contributed by atoms with Gasteiger partial charge in [0.15, 0.2) is 0 Å². The minimum atomic E-state index is 0.728. The molecule has 14 heavy (non-hydrogen) atoms. The second-order valence-corrected chi connectivity index (χ2v) is 4.24. The molecule has 1 aromatic heterocycles. The van der Waals surface area contributed by atoms with Crippen LogP contribution in [0.2, 0.25) is 0 Å². The Labute approximate surface area is 84.0 Å². The van der Waals surface area contributed by atoms with Crippen LogP contribution in [0.5, 0.6) is 0 Å². The van der Waals surface area contributed by atoms with E-state index in [0.29, 0.717) is 0 Å². The molecule has 0 aromatic carbocycles. The summed E-state index contributed by atoms with van der Waals surface area (Å²) >= 11 is 0. The molecule has 0 spiro atoms. The van der Waals surface area contributed by atoms with Crippen molar-refractivity contribution in [2.45, 2.75) is 38.1 Å². The minimum Gasteiger partial charge on any atom is -0.312 e. The van der Waals surface area contributed by atoms with Gasteiger partial charge in [0.2, 0.25) is 0 Å². The minimum absolute atomic E-state index is 0.728. The Bertz CT molecular complexity index is 344. The van der Waals surface area contributed by atoms with Crippen molar-refractivity contribution in [3.8, 4) is 0 Å². The van der Waals surface area contributed by atoms with Crippen molar-refractivity contribution in [2.75, 3.05) is 6.54 Å². The van der Waals surface area contributed by atoms with Crippen LogP contribution in [0.15, 0.2) is 6.33 Å². The fourth-order valence-corrected chi connectivity index (χ4v) is 2.33. The normalized spacial score (nSPS) is 21.4. The summed E-state index contributed by atoms with van der Waals surface area (Å²) in [5.74, 6) is 0.728. The Morgan fingerprint density at radius 2 is 2.21 bits per heavy atom. The third kappa shape index (κ3) is 1.23. The lowest BCUT2D eigenvalue weighted by Crippen LogP contribution is -2.28. The molecule has 2 heterocycles. The van der Waals surface area contributed by atoms with Gasteiger partial charge in [-0.25, -0.2) is 9.97 Å². The second-order valence-electron chi connectivity index (χ2n) is 4.24. The molecule has 3 nitrogen and oxygen atoms in total. The third-order valence-corrected chi connectivity index (χ3v) is 3.40. The highest BCUT2D eigenvalue weighted by molar-refractivity contribution is 5.30. The monoisotopic (exact) mass is 189 g/mol. The number of hydrogen-bond donors (Lipinski definition) is 1. The fraction of sp³-hybridized carbons (Fsp3) is 0.636. The van der Waals surface area contributed by atoms with E-state index in [1.54, 1.807) is 6.33 Å². The van der Waals surface area contributed by atoms with Gasteiger partial charge in [-0.1, -0.05) is 6.42 Å². The van der Waals surface area contributed by atoms with Gasteiger partial charge in [0.25, 0.3) is 0 Å². The molecule has 1 N–H and O–H groups in total. The van der Waals surface area contributed by atoms with Crippen molar-refractivity contribution >= 4 is 0 Å². The molecule has 2 aliphatic rings. The lowest BCUT2D eigenvalue weighted by Gasteiger charge is -2.28. The first-order valence-electron chi connectivity index (χ1n) is 5.48. The summed E-state index contributed by atoms with van der Waals surface area (Å²) in [6.07, 6.45) is 6.83. The molecule has 1 aromatic rings. The van der Waals surface area contributed by atoms with E-state index < -0.39 is 0 Å². The van der Waals surface area contributed by atoms with E-state index in [4.69, 9.17) is 0 Å². The molecule has 3 rings (SSSR count). The summed E-state index contributed by atoms with van der Waals surface area (Å²) in [7, 11) is 0. The second kappa shape index (κ2) is 3.31. The van der Waals surface area contributed by atoms with Crippen LogP contribution in [0, 0.1) is 0 Å². The number of nitrogens with zero attached hydrogens (tertiary/aromatic N) is 2. The summed E-state index contributed by atoms with van der Waals surface area (Å²) in [4.78, 5) is 8.83. The van der Waals surface area contributed by atoms with Crippen molar-refractivity contribution in [1.29, 1.82) is 0 Å². The molecule has 3 heteroatoms. The highest BCUT2D eigenvalue weighted by atomic mass is 14.9. The zero-order valence-electron chi connectivity index (χ0n) is 8.29. The summed E-state index contributed by atoms with van der Waals surface area (Å²) < 4.78 is 0. The molecule has 1 saturated carbocycles. The largest absolute Gasteiger partial charge is 0.312 e. The molecule has 0 amide bonds. The Balaban J connectivity index is 2.01. The SMILES string of the molecule is c1nc2c(c(C3CCC3)n1)CNCC2. The first-order valence-corrected chi connectivity index (χ1v) is 5.48. The van der Waals surface area contributed by atoms with E-state index in [1.165, 1.54) is 36.2 Å². The number of hydrogen-bond acceptors (Lipinski definition) is 3. The van der Waals surface area contributed by atoms with Gasteiger partial charge in [-0.15, -0.1) is 0 Å². The molecule has 0 saturated heterocycles. The number of rotatable bonds is 1. The van der Waals surface area contributed by atoms with Crippen LogP contribution >= 0.6 is 0 Å². The molecule has 1 fully saturated rings. The smallest absolute Gasteiger partial charge is 0.115 e. The molecule has 1 aliphatic carbocycles. The van der Waals surface area contributed by atoms with E-state index in [-0.39, 0.29) is 0 Å². The molecule has 74 valence electrons. The van der Waals surface area contributed by atoms with E-state index in [2.05, 4.69) is 15.3 Å². The van der Waals surface area contributed by atoms with Gasteiger partial charge in [-0.2, -0.15) is 0 Å². The number of aromatic nitrogens is 2. The lowest BCUT2D eigenvalue weighted by atomic mass is 9.80. The van der Waals surface area contributed by atoms with Gasteiger partial charge in [-0.05, 0) is 12.8 Å². The Kier molecular flexibility index (Phi) is 1.98. The van der Waals surface area contributed by atoms with Crippen LogP contribution in [0.25, 0.3) is 0 Å². The van der Waals surface area contributed by atoms with Crippen LogP contribution in [0.4, 0.5) is 0 Å². The van der Waals surface area contributed by atoms with Crippen LogP contribution < -0.4 is 5.32 Å². The Morgan fingerprint density at radius 1 is 1.29 bits per heavy atom. The summed E-state index contributed by atoms with van der Waals surface area (Å²) in [6, 6.07) is 0. The van der Waals surface area contributed by atoms with Crippen molar-refractivity contribution in [1.82, 2.24) is 15.3 Å². The first-order chi connectivity index (χ1) is 6.95. The van der Waals surface area contributed by atoms with Gasteiger partial charge in [0.1, 0.15) is 6.33 Å². The van der Waals surface area contributed by atoms with Crippen molar-refractivity contribution < 1.29 is 0 Å². The Morgan fingerprint density at radius 3 is 3.00 bits per heavy atom. The number of fused-ring (bicyclic) bond motifs is 1. The molecule has 0 atom stereocenters. The van der Waals surface area contributed by atoms with Gasteiger partial charge in [0, 0.05) is 36.7 Å². The summed E-state index contributed by atoms with van der Waals surface area (Å²) in [5, 5.41) is 3.40. The van der Waals surface area contributed by atoms with Crippen molar-refractivity contribution in [3.05, 3.63) is 23.3 Å². The molecular formula is C11H15N3. The molecular weight excluding hydrogens is 174 g/mol. The van der Waals surface area contributed by atoms with E-state index in [1.807, 2.05) is 0 Å².